The summed E-state index contributed by atoms with van der Waals surface area (Å²) in [7, 11) is 2.14. The van der Waals surface area contributed by atoms with E-state index in [0.717, 1.165) is 31.6 Å². The average molecular weight is 261 g/mol. The molecule has 1 unspecified atom stereocenters. The third-order valence-corrected chi connectivity index (χ3v) is 3.90. The van der Waals surface area contributed by atoms with Crippen LogP contribution in [0, 0.1) is 0 Å². The Labute approximate surface area is 115 Å². The van der Waals surface area contributed by atoms with Gasteiger partial charge in [-0.25, -0.2) is 0 Å². The highest BCUT2D eigenvalue weighted by atomic mass is 16.1. The summed E-state index contributed by atoms with van der Waals surface area (Å²) >= 11 is 0. The van der Waals surface area contributed by atoms with Crippen LogP contribution in [0.15, 0.2) is 24.3 Å². The zero-order chi connectivity index (χ0) is 13.8. The maximum Gasteiger partial charge on any atom is 0.159 e. The Balaban J connectivity index is 2.13. The minimum Gasteiger partial charge on any atom is -0.370 e. The smallest absolute Gasteiger partial charge is 0.159 e. The zero-order valence-corrected chi connectivity index (χ0v) is 11.8. The molecule has 1 aromatic rings. The van der Waals surface area contributed by atoms with Gasteiger partial charge in [0.15, 0.2) is 5.78 Å². The number of anilines is 1. The van der Waals surface area contributed by atoms with Crippen LogP contribution in [-0.2, 0) is 0 Å². The molecule has 1 heterocycles. The van der Waals surface area contributed by atoms with Crippen LogP contribution in [0.25, 0.3) is 0 Å². The molecule has 1 aliphatic rings. The standard InChI is InChI=1S/C15H23N3O/c1-12(19)13-4-6-14(7-5-13)18-9-3-8-17(2)15(10-16)11-18/h4-7,15H,3,8-11,16H2,1-2H3. The van der Waals surface area contributed by atoms with E-state index in [1.165, 1.54) is 5.69 Å². The normalized spacial score (nSPS) is 21.2. The minimum absolute atomic E-state index is 0.113. The lowest BCUT2D eigenvalue weighted by Crippen LogP contribution is -2.43. The van der Waals surface area contributed by atoms with Gasteiger partial charge in [0.05, 0.1) is 0 Å². The topological polar surface area (TPSA) is 49.6 Å². The van der Waals surface area contributed by atoms with Crippen molar-refractivity contribution in [3.05, 3.63) is 29.8 Å². The predicted octanol–water partition coefficient (Wildman–Crippen LogP) is 1.36. The van der Waals surface area contributed by atoms with Gasteiger partial charge < -0.3 is 15.5 Å². The van der Waals surface area contributed by atoms with E-state index in [-0.39, 0.29) is 5.78 Å². The van der Waals surface area contributed by atoms with Crippen molar-refractivity contribution in [2.24, 2.45) is 5.73 Å². The van der Waals surface area contributed by atoms with Gasteiger partial charge in [-0.3, -0.25) is 4.79 Å². The number of hydrogen-bond acceptors (Lipinski definition) is 4. The molecule has 0 aromatic heterocycles. The van der Waals surface area contributed by atoms with E-state index in [0.29, 0.717) is 12.6 Å². The molecule has 0 spiro atoms. The molecule has 0 amide bonds. The highest BCUT2D eigenvalue weighted by molar-refractivity contribution is 5.94. The van der Waals surface area contributed by atoms with Gasteiger partial charge >= 0.3 is 0 Å². The largest absolute Gasteiger partial charge is 0.370 e. The van der Waals surface area contributed by atoms with E-state index in [9.17, 15) is 4.79 Å². The Morgan fingerprint density at radius 2 is 2.00 bits per heavy atom. The maximum atomic E-state index is 11.3. The fourth-order valence-corrected chi connectivity index (χ4v) is 2.57. The predicted molar refractivity (Wildman–Crippen MR) is 78.7 cm³/mol. The fraction of sp³-hybridized carbons (Fsp3) is 0.533. The molecular weight excluding hydrogens is 238 g/mol. The van der Waals surface area contributed by atoms with Gasteiger partial charge in [-0.05, 0) is 51.2 Å². The van der Waals surface area contributed by atoms with Gasteiger partial charge in [0.25, 0.3) is 0 Å². The Hall–Kier alpha value is -1.39. The van der Waals surface area contributed by atoms with Crippen molar-refractivity contribution in [2.75, 3.05) is 38.1 Å². The second-order valence-electron chi connectivity index (χ2n) is 5.27. The molecule has 1 fully saturated rings. The van der Waals surface area contributed by atoms with E-state index >= 15 is 0 Å². The van der Waals surface area contributed by atoms with Crippen LogP contribution in [-0.4, -0.2) is 50.0 Å². The third-order valence-electron chi connectivity index (χ3n) is 3.90. The van der Waals surface area contributed by atoms with E-state index in [2.05, 4.69) is 16.8 Å². The van der Waals surface area contributed by atoms with E-state index in [1.54, 1.807) is 6.92 Å². The number of nitrogens with zero attached hydrogens (tertiary/aromatic N) is 2. The summed E-state index contributed by atoms with van der Waals surface area (Å²) in [4.78, 5) is 16.0. The lowest BCUT2D eigenvalue weighted by Gasteiger charge is -2.29. The number of hydrogen-bond donors (Lipinski definition) is 1. The van der Waals surface area contributed by atoms with Crippen LogP contribution in [0.2, 0.25) is 0 Å². The highest BCUT2D eigenvalue weighted by Crippen LogP contribution is 2.19. The zero-order valence-electron chi connectivity index (χ0n) is 11.8. The number of ketones is 1. The third kappa shape index (κ3) is 3.33. The van der Waals surface area contributed by atoms with Crippen LogP contribution in [0.3, 0.4) is 0 Å². The first kappa shape index (κ1) is 14.0. The first-order valence-electron chi connectivity index (χ1n) is 6.88. The summed E-state index contributed by atoms with van der Waals surface area (Å²) in [5.41, 5.74) is 7.80. The summed E-state index contributed by atoms with van der Waals surface area (Å²) < 4.78 is 0. The van der Waals surface area contributed by atoms with E-state index in [4.69, 9.17) is 5.73 Å². The van der Waals surface area contributed by atoms with E-state index in [1.807, 2.05) is 24.3 Å². The van der Waals surface area contributed by atoms with Gasteiger partial charge in [0.1, 0.15) is 0 Å². The Morgan fingerprint density at radius 1 is 1.32 bits per heavy atom. The lowest BCUT2D eigenvalue weighted by molar-refractivity contribution is 0.101. The number of benzene rings is 1. The quantitative estimate of drug-likeness (QED) is 0.835. The van der Waals surface area contributed by atoms with Crippen LogP contribution in [0.4, 0.5) is 5.69 Å². The van der Waals surface area contributed by atoms with Crippen molar-refractivity contribution in [3.8, 4) is 0 Å². The van der Waals surface area contributed by atoms with E-state index < -0.39 is 0 Å². The number of rotatable bonds is 3. The molecule has 104 valence electrons. The van der Waals surface area contributed by atoms with Crippen molar-refractivity contribution >= 4 is 11.5 Å². The van der Waals surface area contributed by atoms with Crippen LogP contribution < -0.4 is 10.6 Å². The number of Topliss-reactive ketones (excluding diaryl/α,β-unsaturated/α-hetero) is 1. The summed E-state index contributed by atoms with van der Waals surface area (Å²) in [6.45, 7) is 5.36. The molecular formula is C15H23N3O. The van der Waals surface area contributed by atoms with Crippen molar-refractivity contribution in [2.45, 2.75) is 19.4 Å². The van der Waals surface area contributed by atoms with Crippen LogP contribution in [0.1, 0.15) is 23.7 Å². The van der Waals surface area contributed by atoms with Crippen LogP contribution >= 0.6 is 0 Å². The Kier molecular flexibility index (Phi) is 4.56. The monoisotopic (exact) mass is 261 g/mol. The number of carbonyl (C=O) groups excluding carboxylic acids is 1. The van der Waals surface area contributed by atoms with Gasteiger partial charge in [0, 0.05) is 36.9 Å². The molecule has 2 rings (SSSR count). The molecule has 0 radical (unpaired) electrons. The molecule has 2 N–H and O–H groups in total. The van der Waals surface area contributed by atoms with Crippen molar-refractivity contribution < 1.29 is 4.79 Å². The molecule has 0 bridgehead atoms. The average Bonchev–Trinajstić information content (AvgIpc) is 2.60. The Morgan fingerprint density at radius 3 is 2.58 bits per heavy atom. The number of nitrogens with two attached hydrogens (primary N) is 1. The molecule has 1 aliphatic heterocycles. The van der Waals surface area contributed by atoms with Crippen molar-refractivity contribution in [1.82, 2.24) is 4.90 Å². The second-order valence-corrected chi connectivity index (χ2v) is 5.27. The van der Waals surface area contributed by atoms with Crippen LogP contribution in [0.5, 0.6) is 0 Å². The summed E-state index contributed by atoms with van der Waals surface area (Å²) in [6.07, 6.45) is 1.14. The molecule has 4 heteroatoms. The molecule has 0 aliphatic carbocycles. The molecule has 1 aromatic carbocycles. The maximum absolute atomic E-state index is 11.3. The SMILES string of the molecule is CC(=O)c1ccc(N2CCCN(C)C(CN)C2)cc1. The van der Waals surface area contributed by atoms with Crippen molar-refractivity contribution in [1.29, 1.82) is 0 Å². The van der Waals surface area contributed by atoms with Gasteiger partial charge in [-0.2, -0.15) is 0 Å². The molecule has 0 saturated carbocycles. The first-order chi connectivity index (χ1) is 9.11. The second kappa shape index (κ2) is 6.17. The molecule has 1 atom stereocenters. The molecule has 1 saturated heterocycles. The number of likely N-dealkylation sites (N-methyl/N-ethyl adjacent to an activating group) is 1. The first-order valence-corrected chi connectivity index (χ1v) is 6.88. The minimum atomic E-state index is 0.113. The number of carbonyl (C=O) groups is 1. The summed E-state index contributed by atoms with van der Waals surface area (Å²) in [5, 5.41) is 0. The van der Waals surface area contributed by atoms with Gasteiger partial charge in [-0.1, -0.05) is 0 Å². The van der Waals surface area contributed by atoms with Gasteiger partial charge in [0.2, 0.25) is 0 Å². The molecule has 19 heavy (non-hydrogen) atoms. The lowest BCUT2D eigenvalue weighted by atomic mass is 10.1. The summed E-state index contributed by atoms with van der Waals surface area (Å²) in [5.74, 6) is 0.113. The Bertz CT molecular complexity index is 430. The van der Waals surface area contributed by atoms with Gasteiger partial charge in [-0.15, -0.1) is 0 Å². The van der Waals surface area contributed by atoms with Crippen molar-refractivity contribution in [3.63, 3.8) is 0 Å². The molecule has 4 nitrogen and oxygen atoms in total. The fourth-order valence-electron chi connectivity index (χ4n) is 2.57. The highest BCUT2D eigenvalue weighted by Gasteiger charge is 2.21. The summed E-state index contributed by atoms with van der Waals surface area (Å²) in [6, 6.07) is 8.29.